The molecule has 0 unspecified atom stereocenters. The lowest BCUT2D eigenvalue weighted by Crippen LogP contribution is -2.42. The van der Waals surface area contributed by atoms with Crippen molar-refractivity contribution in [1.82, 2.24) is 15.4 Å². The van der Waals surface area contributed by atoms with E-state index in [0.717, 1.165) is 11.8 Å². The minimum Gasteiger partial charge on any atom is -0.375 e. The fourth-order valence-electron chi connectivity index (χ4n) is 1.64. The van der Waals surface area contributed by atoms with Crippen molar-refractivity contribution in [2.45, 2.75) is 6.61 Å². The first-order valence-electron chi connectivity index (χ1n) is 7.02. The average Bonchev–Trinajstić information content (AvgIpc) is 2.49. The van der Waals surface area contributed by atoms with E-state index in [4.69, 9.17) is 4.74 Å². The van der Waals surface area contributed by atoms with Gasteiger partial charge in [-0.15, -0.1) is 0 Å². The van der Waals surface area contributed by atoms with Gasteiger partial charge in [-0.2, -0.15) is 0 Å². The summed E-state index contributed by atoms with van der Waals surface area (Å²) in [4.78, 5) is 4.04. The van der Waals surface area contributed by atoms with E-state index < -0.39 is 10.0 Å². The average molecular weight is 328 g/mol. The zero-order valence-corrected chi connectivity index (χ0v) is 13.8. The van der Waals surface area contributed by atoms with Crippen LogP contribution in [0.3, 0.4) is 0 Å². The van der Waals surface area contributed by atoms with Crippen molar-refractivity contribution < 1.29 is 13.2 Å². The summed E-state index contributed by atoms with van der Waals surface area (Å²) < 4.78 is 29.8. The van der Waals surface area contributed by atoms with Gasteiger partial charge in [0.05, 0.1) is 19.5 Å². The highest BCUT2D eigenvalue weighted by Crippen LogP contribution is 1.99. The second-order valence-corrected chi connectivity index (χ2v) is 6.46. The van der Waals surface area contributed by atoms with Gasteiger partial charge in [-0.1, -0.05) is 30.3 Å². The molecule has 0 aromatic heterocycles. The summed E-state index contributed by atoms with van der Waals surface area (Å²) >= 11 is 0. The van der Waals surface area contributed by atoms with Gasteiger partial charge < -0.3 is 15.4 Å². The number of guanidine groups is 1. The first-order chi connectivity index (χ1) is 10.5. The summed E-state index contributed by atoms with van der Waals surface area (Å²) in [6, 6.07) is 9.96. The Balaban J connectivity index is 2.09. The highest BCUT2D eigenvalue weighted by atomic mass is 32.2. The van der Waals surface area contributed by atoms with Gasteiger partial charge in [0.2, 0.25) is 10.0 Å². The molecule has 0 aliphatic rings. The molecule has 0 bridgehead atoms. The third kappa shape index (κ3) is 9.32. The summed E-state index contributed by atoms with van der Waals surface area (Å²) in [6.45, 7) is 2.51. The summed E-state index contributed by atoms with van der Waals surface area (Å²) in [7, 11) is -1.49. The van der Waals surface area contributed by atoms with Crippen molar-refractivity contribution >= 4 is 16.0 Å². The van der Waals surface area contributed by atoms with Crippen molar-refractivity contribution in [3.8, 4) is 0 Å². The number of hydrogen-bond acceptors (Lipinski definition) is 4. The summed E-state index contributed by atoms with van der Waals surface area (Å²) in [5.41, 5.74) is 1.14. The van der Waals surface area contributed by atoms with Crippen LogP contribution < -0.4 is 15.4 Å². The van der Waals surface area contributed by atoms with E-state index >= 15 is 0 Å². The normalized spacial score (nSPS) is 12.2. The molecule has 0 saturated heterocycles. The molecule has 1 aromatic rings. The number of ether oxygens (including phenoxy) is 1. The monoisotopic (exact) mass is 328 g/mol. The molecule has 0 atom stereocenters. The molecular formula is C14H24N4O3S. The molecule has 0 aliphatic carbocycles. The Morgan fingerprint density at radius 2 is 1.82 bits per heavy atom. The molecule has 8 heteroatoms. The first-order valence-corrected chi connectivity index (χ1v) is 8.91. The van der Waals surface area contributed by atoms with Gasteiger partial charge in [0.15, 0.2) is 5.96 Å². The predicted octanol–water partition coefficient (Wildman–Crippen LogP) is -0.0826. The molecule has 0 fully saturated rings. The van der Waals surface area contributed by atoms with Gasteiger partial charge in [-0.05, 0) is 5.56 Å². The van der Waals surface area contributed by atoms with Crippen molar-refractivity contribution in [3.63, 3.8) is 0 Å². The van der Waals surface area contributed by atoms with Gasteiger partial charge in [0.1, 0.15) is 0 Å². The number of benzene rings is 1. The molecule has 1 rings (SSSR count). The van der Waals surface area contributed by atoms with Crippen LogP contribution in [0.25, 0.3) is 0 Å². The fourth-order valence-corrected chi connectivity index (χ4v) is 2.12. The van der Waals surface area contributed by atoms with Crippen LogP contribution in [0.4, 0.5) is 0 Å². The Morgan fingerprint density at radius 3 is 2.45 bits per heavy atom. The Kier molecular flexibility index (Phi) is 8.49. The van der Waals surface area contributed by atoms with Crippen molar-refractivity contribution in [3.05, 3.63) is 35.9 Å². The number of hydrogen-bond donors (Lipinski definition) is 3. The minimum atomic E-state index is -3.15. The van der Waals surface area contributed by atoms with Gasteiger partial charge in [-0.3, -0.25) is 4.99 Å². The molecule has 0 amide bonds. The Morgan fingerprint density at radius 1 is 1.14 bits per heavy atom. The Bertz CT molecular complexity index is 546. The number of sulfonamides is 1. The van der Waals surface area contributed by atoms with Crippen molar-refractivity contribution in [2.75, 3.05) is 39.5 Å². The Hall–Kier alpha value is -1.64. The second kappa shape index (κ2) is 10.1. The molecule has 0 saturated carbocycles. The molecule has 0 heterocycles. The zero-order valence-electron chi connectivity index (χ0n) is 13.0. The van der Waals surface area contributed by atoms with Gasteiger partial charge in [0.25, 0.3) is 0 Å². The maximum Gasteiger partial charge on any atom is 0.208 e. The molecule has 7 nitrogen and oxygen atoms in total. The molecule has 124 valence electrons. The van der Waals surface area contributed by atoms with Gasteiger partial charge >= 0.3 is 0 Å². The molecule has 1 aromatic carbocycles. The standard InChI is InChI=1S/C14H24N4O3S/c1-15-14(16-8-9-18-22(2,19)20)17-10-11-21-12-13-6-4-3-5-7-13/h3-7,18H,8-12H2,1-2H3,(H2,15,16,17). The molecule has 0 aliphatic heterocycles. The highest BCUT2D eigenvalue weighted by Gasteiger charge is 2.00. The van der Waals surface area contributed by atoms with Crippen LogP contribution in [0.5, 0.6) is 0 Å². The van der Waals surface area contributed by atoms with E-state index in [-0.39, 0.29) is 0 Å². The van der Waals surface area contributed by atoms with E-state index in [1.54, 1.807) is 7.05 Å². The van der Waals surface area contributed by atoms with Gasteiger partial charge in [0, 0.05) is 26.7 Å². The zero-order chi connectivity index (χ0) is 16.3. The SMILES string of the molecule is CN=C(NCCNS(C)(=O)=O)NCCOCc1ccccc1. The van der Waals surface area contributed by atoms with E-state index in [1.807, 2.05) is 30.3 Å². The van der Waals surface area contributed by atoms with Crippen LogP contribution in [-0.4, -0.2) is 53.9 Å². The van der Waals surface area contributed by atoms with Crippen LogP contribution in [0.15, 0.2) is 35.3 Å². The largest absolute Gasteiger partial charge is 0.375 e. The number of nitrogens with one attached hydrogen (secondary N) is 3. The molecule has 0 spiro atoms. The molecule has 22 heavy (non-hydrogen) atoms. The van der Waals surface area contributed by atoms with Crippen LogP contribution in [0.1, 0.15) is 5.56 Å². The summed E-state index contributed by atoms with van der Waals surface area (Å²) in [5, 5.41) is 6.10. The number of nitrogens with zero attached hydrogens (tertiary/aromatic N) is 1. The number of rotatable bonds is 9. The van der Waals surface area contributed by atoms with Gasteiger partial charge in [-0.25, -0.2) is 13.1 Å². The van der Waals surface area contributed by atoms with Crippen LogP contribution in [0.2, 0.25) is 0 Å². The van der Waals surface area contributed by atoms with Crippen LogP contribution in [-0.2, 0) is 21.4 Å². The maximum absolute atomic E-state index is 10.9. The Labute approximate surface area is 132 Å². The second-order valence-electron chi connectivity index (χ2n) is 4.63. The molecule has 3 N–H and O–H groups in total. The van der Waals surface area contributed by atoms with Crippen molar-refractivity contribution in [1.29, 1.82) is 0 Å². The fraction of sp³-hybridized carbons (Fsp3) is 0.500. The smallest absolute Gasteiger partial charge is 0.208 e. The minimum absolute atomic E-state index is 0.310. The van der Waals surface area contributed by atoms with Crippen LogP contribution in [0, 0.1) is 0 Å². The van der Waals surface area contributed by atoms with E-state index in [2.05, 4.69) is 20.3 Å². The third-order valence-electron chi connectivity index (χ3n) is 2.66. The third-order valence-corrected chi connectivity index (χ3v) is 3.38. The predicted molar refractivity (Wildman–Crippen MR) is 88.3 cm³/mol. The van der Waals surface area contributed by atoms with Crippen LogP contribution >= 0.6 is 0 Å². The van der Waals surface area contributed by atoms with E-state index in [9.17, 15) is 8.42 Å². The topological polar surface area (TPSA) is 91.8 Å². The molecule has 0 radical (unpaired) electrons. The lowest BCUT2D eigenvalue weighted by atomic mass is 10.2. The summed E-state index contributed by atoms with van der Waals surface area (Å²) in [5.74, 6) is 0.610. The number of aliphatic imine (C=N–C) groups is 1. The lowest BCUT2D eigenvalue weighted by molar-refractivity contribution is 0.125. The highest BCUT2D eigenvalue weighted by molar-refractivity contribution is 7.88. The maximum atomic E-state index is 10.9. The summed E-state index contributed by atoms with van der Waals surface area (Å²) in [6.07, 6.45) is 1.13. The molecular weight excluding hydrogens is 304 g/mol. The lowest BCUT2D eigenvalue weighted by Gasteiger charge is -2.12. The van der Waals surface area contributed by atoms with E-state index in [0.29, 0.717) is 38.8 Å². The van der Waals surface area contributed by atoms with Crippen molar-refractivity contribution in [2.24, 2.45) is 4.99 Å². The first kappa shape index (κ1) is 18.4. The quantitative estimate of drug-likeness (QED) is 0.335. The van der Waals surface area contributed by atoms with E-state index in [1.165, 1.54) is 0 Å².